The third-order valence-electron chi connectivity index (χ3n) is 3.94. The number of carbonyl (C=O) groups excluding carboxylic acids is 2. The highest BCUT2D eigenvalue weighted by molar-refractivity contribution is 5.95. The zero-order valence-corrected chi connectivity index (χ0v) is 16.2. The molecule has 0 radical (unpaired) electrons. The number of nitrogens with one attached hydrogen (secondary N) is 3. The summed E-state index contributed by atoms with van der Waals surface area (Å²) in [5, 5.41) is 11.3. The van der Waals surface area contributed by atoms with E-state index < -0.39 is 11.9 Å². The average molecular weight is 380 g/mol. The quantitative estimate of drug-likeness (QED) is 0.548. The van der Waals surface area contributed by atoms with Gasteiger partial charge in [-0.25, -0.2) is 10.2 Å². The maximum atomic E-state index is 11.9. The lowest BCUT2D eigenvalue weighted by Crippen LogP contribution is -2.47. The van der Waals surface area contributed by atoms with Crippen molar-refractivity contribution in [3.63, 3.8) is 0 Å². The van der Waals surface area contributed by atoms with Gasteiger partial charge in [-0.3, -0.25) is 10.2 Å². The summed E-state index contributed by atoms with van der Waals surface area (Å²) in [7, 11) is 0. The zero-order valence-electron chi connectivity index (χ0n) is 16.2. The van der Waals surface area contributed by atoms with Gasteiger partial charge >= 0.3 is 6.03 Å². The summed E-state index contributed by atoms with van der Waals surface area (Å²) in [5.41, 5.74) is 6.64. The van der Waals surface area contributed by atoms with Crippen LogP contribution in [-0.2, 0) is 5.41 Å². The van der Waals surface area contributed by atoms with Crippen LogP contribution in [0.25, 0.3) is 0 Å². The summed E-state index contributed by atoms with van der Waals surface area (Å²) < 4.78 is 5.58. The molecule has 0 bridgehead atoms. The second-order valence-corrected chi connectivity index (χ2v) is 7.15. The van der Waals surface area contributed by atoms with Crippen LogP contribution in [0, 0.1) is 11.3 Å². The Labute approximate surface area is 164 Å². The molecule has 2 aromatic carbocycles. The maximum absolute atomic E-state index is 11.9. The van der Waals surface area contributed by atoms with Crippen molar-refractivity contribution in [1.29, 1.82) is 5.26 Å². The third-order valence-corrected chi connectivity index (χ3v) is 3.94. The predicted molar refractivity (Wildman–Crippen MR) is 106 cm³/mol. The van der Waals surface area contributed by atoms with Crippen LogP contribution in [0.5, 0.6) is 5.75 Å². The van der Waals surface area contributed by atoms with E-state index in [9.17, 15) is 9.59 Å². The number of nitrogens with zero attached hydrogens (tertiary/aromatic N) is 1. The third kappa shape index (κ3) is 6.32. The highest BCUT2D eigenvalue weighted by Crippen LogP contribution is 2.24. The Hall–Kier alpha value is -3.53. The minimum atomic E-state index is -0.548. The fourth-order valence-corrected chi connectivity index (χ4v) is 2.31. The summed E-state index contributed by atoms with van der Waals surface area (Å²) in [6.45, 7) is 7.01. The number of rotatable bonds is 5. The first-order chi connectivity index (χ1) is 13.3. The summed E-state index contributed by atoms with van der Waals surface area (Å²) in [6.07, 6.45) is 0. The molecule has 146 valence electrons. The molecule has 7 heteroatoms. The van der Waals surface area contributed by atoms with Crippen molar-refractivity contribution < 1.29 is 14.3 Å². The number of hydrazine groups is 1. The number of benzene rings is 2. The molecule has 0 unspecified atom stereocenters. The molecule has 0 aliphatic carbocycles. The number of hydrogen-bond acceptors (Lipinski definition) is 4. The number of urea groups is 1. The molecule has 0 aromatic heterocycles. The van der Waals surface area contributed by atoms with Gasteiger partial charge in [0.25, 0.3) is 5.91 Å². The molecule has 0 heterocycles. The number of nitriles is 1. The van der Waals surface area contributed by atoms with Gasteiger partial charge in [0.1, 0.15) is 12.4 Å². The van der Waals surface area contributed by atoms with E-state index in [1.54, 1.807) is 0 Å². The second kappa shape index (κ2) is 9.42. The van der Waals surface area contributed by atoms with E-state index in [0.29, 0.717) is 17.7 Å². The number of ether oxygens (including phenoxy) is 1. The minimum Gasteiger partial charge on any atom is -0.492 e. The van der Waals surface area contributed by atoms with Crippen molar-refractivity contribution in [2.24, 2.45) is 0 Å². The van der Waals surface area contributed by atoms with Crippen molar-refractivity contribution in [2.45, 2.75) is 26.2 Å². The first kappa shape index (κ1) is 20.8. The normalized spacial score (nSPS) is 10.5. The SMILES string of the molecule is CC(C)(C)c1ccc(OCCNC(=O)NNC(=O)c2ccc(C#N)cc2)cc1. The zero-order chi connectivity index (χ0) is 20.6. The Kier molecular flexibility index (Phi) is 6.99. The Morgan fingerprint density at radius 3 is 2.21 bits per heavy atom. The molecule has 2 aromatic rings. The molecular formula is C21H24N4O3. The van der Waals surface area contributed by atoms with Crippen LogP contribution < -0.4 is 20.9 Å². The Morgan fingerprint density at radius 1 is 1.00 bits per heavy atom. The van der Waals surface area contributed by atoms with E-state index in [1.807, 2.05) is 30.3 Å². The van der Waals surface area contributed by atoms with E-state index >= 15 is 0 Å². The molecule has 3 N–H and O–H groups in total. The summed E-state index contributed by atoms with van der Waals surface area (Å²) in [4.78, 5) is 23.6. The molecule has 0 aliphatic heterocycles. The molecule has 2 rings (SSSR count). The smallest absolute Gasteiger partial charge is 0.333 e. The van der Waals surface area contributed by atoms with Crippen LogP contribution in [0.3, 0.4) is 0 Å². The lowest BCUT2D eigenvalue weighted by atomic mass is 9.87. The van der Waals surface area contributed by atoms with Crippen LogP contribution in [0.15, 0.2) is 48.5 Å². The molecule has 0 atom stereocenters. The van der Waals surface area contributed by atoms with E-state index in [4.69, 9.17) is 10.00 Å². The van der Waals surface area contributed by atoms with Crippen LogP contribution in [0.2, 0.25) is 0 Å². The maximum Gasteiger partial charge on any atom is 0.333 e. The van der Waals surface area contributed by atoms with E-state index in [1.165, 1.54) is 29.8 Å². The predicted octanol–water partition coefficient (Wildman–Crippen LogP) is 2.88. The van der Waals surface area contributed by atoms with Crippen molar-refractivity contribution in [2.75, 3.05) is 13.2 Å². The molecule has 0 saturated carbocycles. The molecule has 0 fully saturated rings. The minimum absolute atomic E-state index is 0.0837. The molecule has 0 aliphatic rings. The van der Waals surface area contributed by atoms with Crippen molar-refractivity contribution in [3.05, 3.63) is 65.2 Å². The fourth-order valence-electron chi connectivity index (χ4n) is 2.31. The van der Waals surface area contributed by atoms with Crippen molar-refractivity contribution in [1.82, 2.24) is 16.2 Å². The van der Waals surface area contributed by atoms with Crippen molar-refractivity contribution >= 4 is 11.9 Å². The van der Waals surface area contributed by atoms with E-state index in [-0.39, 0.29) is 12.0 Å². The van der Waals surface area contributed by atoms with Gasteiger partial charge in [0, 0.05) is 5.56 Å². The van der Waals surface area contributed by atoms with Gasteiger partial charge in [-0.2, -0.15) is 5.26 Å². The number of hydrogen-bond donors (Lipinski definition) is 3. The van der Waals surface area contributed by atoms with Gasteiger partial charge in [0.2, 0.25) is 0 Å². The van der Waals surface area contributed by atoms with Crippen LogP contribution in [0.4, 0.5) is 4.79 Å². The molecule has 3 amide bonds. The Balaban J connectivity index is 1.67. The molecule has 28 heavy (non-hydrogen) atoms. The molecule has 0 spiro atoms. The van der Waals surface area contributed by atoms with Crippen LogP contribution in [-0.4, -0.2) is 25.1 Å². The first-order valence-electron chi connectivity index (χ1n) is 8.87. The van der Waals surface area contributed by atoms with Gasteiger partial charge in [0.15, 0.2) is 0 Å². The average Bonchev–Trinajstić information content (AvgIpc) is 2.69. The number of carbonyl (C=O) groups is 2. The first-order valence-corrected chi connectivity index (χ1v) is 8.87. The Morgan fingerprint density at radius 2 is 1.64 bits per heavy atom. The van der Waals surface area contributed by atoms with E-state index in [2.05, 4.69) is 36.9 Å². The van der Waals surface area contributed by atoms with Crippen LogP contribution in [0.1, 0.15) is 42.3 Å². The Bertz CT molecular complexity index is 847. The van der Waals surface area contributed by atoms with Crippen LogP contribution >= 0.6 is 0 Å². The summed E-state index contributed by atoms with van der Waals surface area (Å²) in [5.74, 6) is 0.249. The highest BCUT2D eigenvalue weighted by atomic mass is 16.5. The van der Waals surface area contributed by atoms with Crippen molar-refractivity contribution in [3.8, 4) is 11.8 Å². The second-order valence-electron chi connectivity index (χ2n) is 7.15. The van der Waals surface area contributed by atoms with Gasteiger partial charge in [-0.15, -0.1) is 0 Å². The molecule has 0 saturated heterocycles. The molecular weight excluding hydrogens is 356 g/mol. The largest absolute Gasteiger partial charge is 0.492 e. The standard InChI is InChI=1S/C21H24N4O3/c1-21(2,3)17-8-10-18(11-9-17)28-13-12-23-20(27)25-24-19(26)16-6-4-15(14-22)5-7-16/h4-11H,12-13H2,1-3H3,(H,24,26)(H2,23,25,27). The van der Waals surface area contributed by atoms with Gasteiger partial charge in [0.05, 0.1) is 18.2 Å². The highest BCUT2D eigenvalue weighted by Gasteiger charge is 2.13. The lowest BCUT2D eigenvalue weighted by Gasteiger charge is -2.19. The summed E-state index contributed by atoms with van der Waals surface area (Å²) >= 11 is 0. The number of amides is 3. The van der Waals surface area contributed by atoms with E-state index in [0.717, 1.165) is 5.75 Å². The topological polar surface area (TPSA) is 103 Å². The van der Waals surface area contributed by atoms with Gasteiger partial charge in [-0.05, 0) is 47.4 Å². The monoisotopic (exact) mass is 380 g/mol. The molecule has 7 nitrogen and oxygen atoms in total. The lowest BCUT2D eigenvalue weighted by molar-refractivity contribution is 0.0936. The summed E-state index contributed by atoms with van der Waals surface area (Å²) in [6, 6.07) is 15.3. The fraction of sp³-hybridized carbons (Fsp3) is 0.286. The van der Waals surface area contributed by atoms with Gasteiger partial charge < -0.3 is 10.1 Å². The van der Waals surface area contributed by atoms with Gasteiger partial charge in [-0.1, -0.05) is 32.9 Å².